The SMILES string of the molecule is [Cl-].[Cl-].[Cl-].[Cl-].[Cl-].[Cl-].[Na+].[V]. The molecule has 0 N–H and O–H groups in total. The second-order valence-electron chi connectivity index (χ2n) is 0. The van der Waals surface area contributed by atoms with Gasteiger partial charge in [0.2, 0.25) is 0 Å². The molecule has 0 spiro atoms. The van der Waals surface area contributed by atoms with Crippen molar-refractivity contribution < 1.29 is 123 Å². The Morgan fingerprint density at radius 2 is 0.375 bits per heavy atom. The first kappa shape index (κ1) is 109. The van der Waals surface area contributed by atoms with Gasteiger partial charge in [0, 0.05) is 18.6 Å². The van der Waals surface area contributed by atoms with Gasteiger partial charge in [-0.2, -0.15) is 0 Å². The molecule has 0 aliphatic rings. The summed E-state index contributed by atoms with van der Waals surface area (Å²) in [6.07, 6.45) is 0. The number of hydrogen-bond donors (Lipinski definition) is 0. The maximum atomic E-state index is 0. The summed E-state index contributed by atoms with van der Waals surface area (Å²) in [6, 6.07) is 0. The molecule has 1 radical (unpaired) electrons. The predicted octanol–water partition coefficient (Wildman–Crippen LogP) is -21.0. The van der Waals surface area contributed by atoms with Crippen LogP contribution < -0.4 is 104 Å². The summed E-state index contributed by atoms with van der Waals surface area (Å²) >= 11 is 0. The van der Waals surface area contributed by atoms with Gasteiger partial charge < -0.3 is 74.4 Å². The first-order valence-electron chi connectivity index (χ1n) is 0. The maximum absolute atomic E-state index is 0. The monoisotopic (exact) mass is 284 g/mol. The molecule has 8 heavy (non-hydrogen) atoms. The molecule has 0 bridgehead atoms. The third kappa shape index (κ3) is 58.5. The van der Waals surface area contributed by atoms with Crippen molar-refractivity contribution in [1.29, 1.82) is 0 Å². The van der Waals surface area contributed by atoms with Crippen molar-refractivity contribution >= 4 is 0 Å². The minimum atomic E-state index is 0. The molecule has 0 aromatic carbocycles. The van der Waals surface area contributed by atoms with Crippen molar-refractivity contribution in [3.8, 4) is 0 Å². The van der Waals surface area contributed by atoms with E-state index in [0.29, 0.717) is 0 Å². The first-order chi connectivity index (χ1) is 0. The Hall–Kier alpha value is 3.32. The summed E-state index contributed by atoms with van der Waals surface area (Å²) in [5, 5.41) is 0. The molecule has 0 rings (SSSR count). The van der Waals surface area contributed by atoms with E-state index in [9.17, 15) is 0 Å². The average molecular weight is 287 g/mol. The Morgan fingerprint density at radius 3 is 0.375 bits per heavy atom. The van der Waals surface area contributed by atoms with Crippen LogP contribution in [0.5, 0.6) is 0 Å². The van der Waals surface area contributed by atoms with E-state index in [2.05, 4.69) is 0 Å². The second-order valence-corrected chi connectivity index (χ2v) is 0. The van der Waals surface area contributed by atoms with E-state index >= 15 is 0 Å². The Bertz CT molecular complexity index is 8.49. The van der Waals surface area contributed by atoms with Gasteiger partial charge in [-0.15, -0.1) is 0 Å². The molecule has 0 fully saturated rings. The molecule has 0 atom stereocenters. The van der Waals surface area contributed by atoms with Crippen molar-refractivity contribution in [2.75, 3.05) is 0 Å². The Morgan fingerprint density at radius 1 is 0.375 bits per heavy atom. The van der Waals surface area contributed by atoms with Gasteiger partial charge in [0.1, 0.15) is 0 Å². The molecule has 0 aliphatic heterocycles. The van der Waals surface area contributed by atoms with Crippen molar-refractivity contribution in [3.63, 3.8) is 0 Å². The summed E-state index contributed by atoms with van der Waals surface area (Å²) in [6.45, 7) is 0. The molecule has 0 saturated carbocycles. The minimum absolute atomic E-state index is 0. The molecule has 0 amide bonds. The van der Waals surface area contributed by atoms with Crippen LogP contribution in [-0.2, 0) is 18.6 Å². The number of hydrogen-bond acceptors (Lipinski definition) is 0. The average Bonchev–Trinajstić information content (AvgIpc) is 0. The van der Waals surface area contributed by atoms with Gasteiger partial charge in [-0.05, 0) is 0 Å². The Kier molecular flexibility index (Phi) is 1110. The van der Waals surface area contributed by atoms with Gasteiger partial charge in [0.25, 0.3) is 0 Å². The molecule has 0 aromatic heterocycles. The van der Waals surface area contributed by atoms with Gasteiger partial charge in [-0.25, -0.2) is 0 Å². The van der Waals surface area contributed by atoms with Crippen molar-refractivity contribution in [2.45, 2.75) is 0 Å². The van der Waals surface area contributed by atoms with Crippen LogP contribution in [0.25, 0.3) is 0 Å². The fourth-order valence-corrected chi connectivity index (χ4v) is 0. The van der Waals surface area contributed by atoms with E-state index in [1.54, 1.807) is 0 Å². The fraction of sp³-hybridized carbons (Fsp3) is 0. The smallest absolute Gasteiger partial charge is 1.00 e. The molecular formula is Cl6NaV-5. The van der Waals surface area contributed by atoms with Crippen molar-refractivity contribution in [1.82, 2.24) is 0 Å². The van der Waals surface area contributed by atoms with Crippen LogP contribution in [0.2, 0.25) is 0 Å². The minimum Gasteiger partial charge on any atom is -1.00 e. The predicted molar refractivity (Wildman–Crippen MR) is 0 cm³/mol. The Labute approximate surface area is 121 Å². The van der Waals surface area contributed by atoms with Crippen LogP contribution in [0, 0.1) is 0 Å². The van der Waals surface area contributed by atoms with E-state index in [1.165, 1.54) is 0 Å². The second kappa shape index (κ2) is 81.2. The number of halogens is 6. The van der Waals surface area contributed by atoms with Crippen LogP contribution in [0.1, 0.15) is 0 Å². The van der Waals surface area contributed by atoms with E-state index in [4.69, 9.17) is 0 Å². The first-order valence-corrected chi connectivity index (χ1v) is 0. The largest absolute Gasteiger partial charge is 1.00 e. The van der Waals surface area contributed by atoms with Crippen LogP contribution in [0.4, 0.5) is 0 Å². The molecule has 0 aromatic rings. The van der Waals surface area contributed by atoms with Gasteiger partial charge in [0.05, 0.1) is 0 Å². The quantitative estimate of drug-likeness (QED) is 0.388. The topological polar surface area (TPSA) is 0 Å². The Balaban J connectivity index is 0. The zero-order chi connectivity index (χ0) is 0. The zero-order valence-electron chi connectivity index (χ0n) is 3.72. The molecule has 8 heteroatoms. The van der Waals surface area contributed by atoms with Gasteiger partial charge >= 0.3 is 29.6 Å². The summed E-state index contributed by atoms with van der Waals surface area (Å²) in [5.41, 5.74) is 0. The van der Waals surface area contributed by atoms with Gasteiger partial charge in [-0.3, -0.25) is 0 Å². The maximum Gasteiger partial charge on any atom is 1.00 e. The third-order valence-electron chi connectivity index (χ3n) is 0. The van der Waals surface area contributed by atoms with Gasteiger partial charge in [0.15, 0.2) is 0 Å². The molecular weight excluding hydrogens is 287 g/mol. The third-order valence-corrected chi connectivity index (χ3v) is 0. The van der Waals surface area contributed by atoms with Gasteiger partial charge in [-0.1, -0.05) is 0 Å². The van der Waals surface area contributed by atoms with Crippen molar-refractivity contribution in [2.24, 2.45) is 0 Å². The standard InChI is InChI=1S/6ClH.Na.V/h6*1H;;/q;;;;;;+1;/p-6. The zero-order valence-corrected chi connectivity index (χ0v) is 11.6. The summed E-state index contributed by atoms with van der Waals surface area (Å²) in [5.74, 6) is 0. The summed E-state index contributed by atoms with van der Waals surface area (Å²) in [7, 11) is 0. The fourth-order valence-electron chi connectivity index (χ4n) is 0. The molecule has 53 valence electrons. The van der Waals surface area contributed by atoms with E-state index in [-0.39, 0.29) is 123 Å². The van der Waals surface area contributed by atoms with E-state index in [0.717, 1.165) is 0 Å². The molecule has 0 heterocycles. The summed E-state index contributed by atoms with van der Waals surface area (Å²) in [4.78, 5) is 0. The summed E-state index contributed by atoms with van der Waals surface area (Å²) < 4.78 is 0. The molecule has 0 unspecified atom stereocenters. The van der Waals surface area contributed by atoms with Crippen LogP contribution in [0.3, 0.4) is 0 Å². The molecule has 0 nitrogen and oxygen atoms in total. The van der Waals surface area contributed by atoms with Crippen molar-refractivity contribution in [3.05, 3.63) is 0 Å². The van der Waals surface area contributed by atoms with Crippen LogP contribution in [-0.4, -0.2) is 0 Å². The normalized spacial score (nSPS) is 0. The van der Waals surface area contributed by atoms with Crippen LogP contribution in [0.15, 0.2) is 0 Å². The van der Waals surface area contributed by atoms with E-state index in [1.807, 2.05) is 0 Å². The van der Waals surface area contributed by atoms with Crippen LogP contribution >= 0.6 is 0 Å². The molecule has 0 saturated heterocycles. The number of rotatable bonds is 0. The van der Waals surface area contributed by atoms with E-state index < -0.39 is 0 Å². The molecule has 0 aliphatic carbocycles.